The number of hydrogen-bond acceptors (Lipinski definition) is 2. The predicted molar refractivity (Wildman–Crippen MR) is 65.4 cm³/mol. The highest BCUT2D eigenvalue weighted by Crippen LogP contribution is 2.29. The summed E-state index contributed by atoms with van der Waals surface area (Å²) in [5.41, 5.74) is 0.917. The van der Waals surface area contributed by atoms with Gasteiger partial charge >= 0.3 is 0 Å². The third kappa shape index (κ3) is 1.79. The van der Waals surface area contributed by atoms with Crippen LogP contribution in [0.1, 0.15) is 6.92 Å². The molecule has 1 aromatic rings. The van der Waals surface area contributed by atoms with Gasteiger partial charge in [0, 0.05) is 16.1 Å². The molecule has 0 radical (unpaired) electrons. The van der Waals surface area contributed by atoms with Crippen molar-refractivity contribution in [3.8, 4) is 0 Å². The highest BCUT2D eigenvalue weighted by molar-refractivity contribution is 9.10. The smallest absolute Gasteiger partial charge is 0.261 e. The van der Waals surface area contributed by atoms with E-state index in [4.69, 9.17) is 11.6 Å². The Bertz CT molecular complexity index is 525. The van der Waals surface area contributed by atoms with Gasteiger partial charge in [-0.2, -0.15) is 0 Å². The van der Waals surface area contributed by atoms with E-state index in [1.165, 1.54) is 6.08 Å². The normalized spacial score (nSPS) is 15.7. The van der Waals surface area contributed by atoms with Gasteiger partial charge in [-0.3, -0.25) is 9.59 Å². The van der Waals surface area contributed by atoms with Crippen LogP contribution < -0.4 is 4.90 Å². The van der Waals surface area contributed by atoms with Crippen LogP contribution in [0.5, 0.6) is 0 Å². The average Bonchev–Trinajstić information content (AvgIpc) is 2.47. The first-order valence-electron chi connectivity index (χ1n) is 4.52. The zero-order chi connectivity index (χ0) is 11.9. The number of hydrogen-bond donors (Lipinski definition) is 0. The van der Waals surface area contributed by atoms with E-state index in [2.05, 4.69) is 15.9 Å². The molecule has 0 saturated heterocycles. The first-order valence-corrected chi connectivity index (χ1v) is 5.69. The molecule has 0 aromatic heterocycles. The van der Waals surface area contributed by atoms with E-state index in [-0.39, 0.29) is 11.8 Å². The molecule has 2 amide bonds. The number of rotatable bonds is 1. The second-order valence-electron chi connectivity index (χ2n) is 3.40. The lowest BCUT2D eigenvalue weighted by molar-refractivity contribution is -0.120. The fraction of sp³-hybridized carbons (Fsp3) is 0.0909. The summed E-state index contributed by atoms with van der Waals surface area (Å²) in [5, 5.41) is 0.461. The molecule has 82 valence electrons. The molecule has 0 fully saturated rings. The molecule has 3 nitrogen and oxygen atoms in total. The molecule has 0 bridgehead atoms. The minimum Gasteiger partial charge on any atom is -0.269 e. The number of halogens is 2. The summed E-state index contributed by atoms with van der Waals surface area (Å²) in [7, 11) is 0. The highest BCUT2D eigenvalue weighted by atomic mass is 79.9. The van der Waals surface area contributed by atoms with Crippen molar-refractivity contribution in [2.75, 3.05) is 4.90 Å². The summed E-state index contributed by atoms with van der Waals surface area (Å²) in [6.45, 7) is 1.61. The van der Waals surface area contributed by atoms with E-state index >= 15 is 0 Å². The maximum Gasteiger partial charge on any atom is 0.261 e. The molecule has 0 aliphatic carbocycles. The van der Waals surface area contributed by atoms with Crippen LogP contribution in [0.15, 0.2) is 34.3 Å². The monoisotopic (exact) mass is 299 g/mol. The molecule has 1 aliphatic heterocycles. The first-order chi connectivity index (χ1) is 7.50. The third-order valence-corrected chi connectivity index (χ3v) is 3.49. The second-order valence-corrected chi connectivity index (χ2v) is 4.67. The maximum atomic E-state index is 11.7. The largest absolute Gasteiger partial charge is 0.269 e. The Morgan fingerprint density at radius 3 is 2.50 bits per heavy atom. The zero-order valence-corrected chi connectivity index (χ0v) is 10.7. The third-order valence-electron chi connectivity index (χ3n) is 2.26. The van der Waals surface area contributed by atoms with Crippen LogP contribution in [-0.2, 0) is 9.59 Å². The molecule has 1 aliphatic rings. The number of benzene rings is 1. The van der Waals surface area contributed by atoms with Gasteiger partial charge in [-0.05, 0) is 41.1 Å². The van der Waals surface area contributed by atoms with Gasteiger partial charge < -0.3 is 0 Å². The number of anilines is 1. The first kappa shape index (κ1) is 11.4. The number of nitrogens with zero attached hydrogens (tertiary/aromatic N) is 1. The summed E-state index contributed by atoms with van der Waals surface area (Å²) in [5.74, 6) is -0.635. The molecule has 1 heterocycles. The van der Waals surface area contributed by atoms with E-state index < -0.39 is 0 Å². The molecule has 2 rings (SSSR count). The number of carbonyl (C=O) groups is 2. The van der Waals surface area contributed by atoms with Gasteiger partial charge in [0.2, 0.25) is 0 Å². The van der Waals surface area contributed by atoms with E-state index in [9.17, 15) is 9.59 Å². The molecular formula is C11H7BrClNO2. The summed E-state index contributed by atoms with van der Waals surface area (Å²) < 4.78 is 0.724. The van der Waals surface area contributed by atoms with Crippen molar-refractivity contribution in [2.45, 2.75) is 6.92 Å². The van der Waals surface area contributed by atoms with E-state index in [1.807, 2.05) is 0 Å². The van der Waals surface area contributed by atoms with Gasteiger partial charge in [0.1, 0.15) is 0 Å². The van der Waals surface area contributed by atoms with Gasteiger partial charge in [0.05, 0.1) is 10.7 Å². The fourth-order valence-electron chi connectivity index (χ4n) is 1.46. The molecule has 0 saturated carbocycles. The number of carbonyl (C=O) groups excluding carboxylic acids is 2. The topological polar surface area (TPSA) is 37.4 Å². The summed E-state index contributed by atoms with van der Waals surface area (Å²) in [4.78, 5) is 24.4. The molecular weight excluding hydrogens is 293 g/mol. The Labute approximate surface area is 106 Å². The van der Waals surface area contributed by atoms with Crippen LogP contribution in [0.4, 0.5) is 5.69 Å². The minimum atomic E-state index is -0.333. The van der Waals surface area contributed by atoms with Crippen molar-refractivity contribution in [3.63, 3.8) is 0 Å². The summed E-state index contributed by atoms with van der Waals surface area (Å²) >= 11 is 9.16. The van der Waals surface area contributed by atoms with Gasteiger partial charge in [0.25, 0.3) is 11.8 Å². The second kappa shape index (κ2) is 4.03. The van der Waals surface area contributed by atoms with Crippen LogP contribution in [0.25, 0.3) is 0 Å². The summed E-state index contributed by atoms with van der Waals surface area (Å²) in [6.07, 6.45) is 1.32. The molecule has 16 heavy (non-hydrogen) atoms. The van der Waals surface area contributed by atoms with Crippen molar-refractivity contribution in [3.05, 3.63) is 39.3 Å². The van der Waals surface area contributed by atoms with Crippen molar-refractivity contribution in [1.29, 1.82) is 0 Å². The molecule has 0 N–H and O–H groups in total. The van der Waals surface area contributed by atoms with E-state index in [1.54, 1.807) is 25.1 Å². The number of amides is 2. The van der Waals surface area contributed by atoms with Crippen LogP contribution in [0.2, 0.25) is 5.02 Å². The van der Waals surface area contributed by atoms with Gasteiger partial charge in [0.15, 0.2) is 0 Å². The van der Waals surface area contributed by atoms with Crippen LogP contribution in [0.3, 0.4) is 0 Å². The average molecular weight is 301 g/mol. The lowest BCUT2D eigenvalue weighted by Crippen LogP contribution is -2.30. The molecule has 0 spiro atoms. The van der Waals surface area contributed by atoms with E-state index in [0.717, 1.165) is 9.37 Å². The highest BCUT2D eigenvalue weighted by Gasteiger charge is 2.29. The lowest BCUT2D eigenvalue weighted by atomic mass is 10.3. The SMILES string of the molecule is CC1=CC(=O)N(c2ccc(Br)c(Cl)c2)C1=O. The van der Waals surface area contributed by atoms with Crippen molar-refractivity contribution in [2.24, 2.45) is 0 Å². The lowest BCUT2D eigenvalue weighted by Gasteiger charge is -2.14. The van der Waals surface area contributed by atoms with Crippen LogP contribution >= 0.6 is 27.5 Å². The Morgan fingerprint density at radius 1 is 1.31 bits per heavy atom. The number of imide groups is 1. The van der Waals surface area contributed by atoms with Crippen LogP contribution in [0, 0.1) is 0 Å². The maximum absolute atomic E-state index is 11.7. The quantitative estimate of drug-likeness (QED) is 0.748. The molecule has 1 aromatic carbocycles. The van der Waals surface area contributed by atoms with E-state index in [0.29, 0.717) is 16.3 Å². The molecule has 5 heteroatoms. The van der Waals surface area contributed by atoms with Crippen LogP contribution in [-0.4, -0.2) is 11.8 Å². The Hall–Kier alpha value is -1.13. The van der Waals surface area contributed by atoms with Gasteiger partial charge in [-0.15, -0.1) is 0 Å². The standard InChI is InChI=1S/C11H7BrClNO2/c1-6-4-10(15)14(11(6)16)7-2-3-8(12)9(13)5-7/h2-5H,1H3. The minimum absolute atomic E-state index is 0.302. The summed E-state index contributed by atoms with van der Waals surface area (Å²) in [6, 6.07) is 4.94. The molecule has 0 atom stereocenters. The van der Waals surface area contributed by atoms with Crippen molar-refractivity contribution in [1.82, 2.24) is 0 Å². The Balaban J connectivity index is 2.43. The Morgan fingerprint density at radius 2 is 2.00 bits per heavy atom. The molecule has 0 unspecified atom stereocenters. The zero-order valence-electron chi connectivity index (χ0n) is 8.33. The Kier molecular flexibility index (Phi) is 2.86. The van der Waals surface area contributed by atoms with Crippen molar-refractivity contribution >= 4 is 45.0 Å². The van der Waals surface area contributed by atoms with Crippen molar-refractivity contribution < 1.29 is 9.59 Å². The predicted octanol–water partition coefficient (Wildman–Crippen LogP) is 2.92. The van der Waals surface area contributed by atoms with Gasteiger partial charge in [-0.25, -0.2) is 4.90 Å². The fourth-order valence-corrected chi connectivity index (χ4v) is 1.88. The van der Waals surface area contributed by atoms with Gasteiger partial charge in [-0.1, -0.05) is 11.6 Å².